The minimum Gasteiger partial charge on any atom is -0.326 e. The molecule has 0 bridgehead atoms. The zero-order chi connectivity index (χ0) is 19.2. The molecule has 1 amide bonds. The third-order valence-electron chi connectivity index (χ3n) is 3.91. The smallest absolute Gasteiger partial charge is 0.266 e. The number of rotatable bonds is 6. The first kappa shape index (κ1) is 19.3. The number of halogens is 2. The number of hydrogen-bond acceptors (Lipinski definition) is 3. The second-order valence-corrected chi connectivity index (χ2v) is 7.30. The molecule has 3 rings (SSSR count). The largest absolute Gasteiger partial charge is 0.326 e. The average Bonchev–Trinajstić information content (AvgIpc) is 2.66. The Morgan fingerprint density at radius 2 is 1.74 bits per heavy atom. The third-order valence-corrected chi connectivity index (χ3v) is 4.69. The molecule has 7 heteroatoms. The van der Waals surface area contributed by atoms with Crippen LogP contribution < -0.4 is 10.9 Å². The van der Waals surface area contributed by atoms with Crippen LogP contribution in [0.1, 0.15) is 12.8 Å². The monoisotopic (exact) mass is 445 g/mol. The van der Waals surface area contributed by atoms with Crippen LogP contribution in [0, 0.1) is 0 Å². The van der Waals surface area contributed by atoms with Crippen molar-refractivity contribution in [1.82, 2.24) is 9.78 Å². The first-order valence-electron chi connectivity index (χ1n) is 8.41. The van der Waals surface area contributed by atoms with Crippen molar-refractivity contribution in [3.63, 3.8) is 0 Å². The van der Waals surface area contributed by atoms with Crippen LogP contribution in [0.3, 0.4) is 0 Å². The summed E-state index contributed by atoms with van der Waals surface area (Å²) in [6, 6.07) is 17.8. The number of hydrogen-bond donors (Lipinski definition) is 1. The number of aromatic nitrogens is 2. The molecule has 27 heavy (non-hydrogen) atoms. The van der Waals surface area contributed by atoms with Gasteiger partial charge in [-0.15, -0.1) is 0 Å². The predicted molar refractivity (Wildman–Crippen MR) is 111 cm³/mol. The molecule has 3 aromatic rings. The first-order valence-corrected chi connectivity index (χ1v) is 9.58. The Morgan fingerprint density at radius 1 is 1.04 bits per heavy atom. The number of amides is 1. The quantitative estimate of drug-likeness (QED) is 0.594. The maximum atomic E-state index is 12.0. The van der Waals surface area contributed by atoms with Crippen molar-refractivity contribution in [3.05, 3.63) is 80.5 Å². The number of aryl methyl sites for hydroxylation is 1. The molecule has 1 aromatic heterocycles. The lowest BCUT2D eigenvalue weighted by atomic mass is 10.1. The predicted octanol–water partition coefficient (Wildman–Crippen LogP) is 4.75. The Kier molecular flexibility index (Phi) is 6.42. The number of anilines is 1. The van der Waals surface area contributed by atoms with Crippen molar-refractivity contribution in [1.29, 1.82) is 0 Å². The van der Waals surface area contributed by atoms with Gasteiger partial charge in [0.25, 0.3) is 5.56 Å². The van der Waals surface area contributed by atoms with E-state index in [9.17, 15) is 9.59 Å². The summed E-state index contributed by atoms with van der Waals surface area (Å²) in [5.74, 6) is -0.0979. The van der Waals surface area contributed by atoms with Crippen LogP contribution in [0.15, 0.2) is 69.9 Å². The highest BCUT2D eigenvalue weighted by atomic mass is 79.9. The van der Waals surface area contributed by atoms with E-state index in [0.717, 1.165) is 15.7 Å². The summed E-state index contributed by atoms with van der Waals surface area (Å²) in [5.41, 5.74) is 2.11. The van der Waals surface area contributed by atoms with Crippen LogP contribution in [0.5, 0.6) is 0 Å². The number of carbonyl (C=O) groups is 1. The highest BCUT2D eigenvalue weighted by molar-refractivity contribution is 9.10. The fraction of sp³-hybridized carbons (Fsp3) is 0.150. The fourth-order valence-corrected chi connectivity index (χ4v) is 2.92. The van der Waals surface area contributed by atoms with Crippen LogP contribution in [-0.4, -0.2) is 15.7 Å². The van der Waals surface area contributed by atoms with Gasteiger partial charge in [0.2, 0.25) is 5.91 Å². The molecule has 1 N–H and O–H groups in total. The van der Waals surface area contributed by atoms with Crippen molar-refractivity contribution >= 4 is 39.1 Å². The minimum atomic E-state index is -0.193. The summed E-state index contributed by atoms with van der Waals surface area (Å²) in [6.07, 6.45) is 0.814. The molecular weight excluding hydrogens is 430 g/mol. The maximum absolute atomic E-state index is 12.0. The van der Waals surface area contributed by atoms with Gasteiger partial charge in [-0.1, -0.05) is 39.7 Å². The molecule has 2 aromatic carbocycles. The molecule has 138 valence electrons. The lowest BCUT2D eigenvalue weighted by Gasteiger charge is -2.08. The van der Waals surface area contributed by atoms with Crippen LogP contribution in [0.2, 0.25) is 5.02 Å². The Labute approximate surface area is 170 Å². The van der Waals surface area contributed by atoms with E-state index in [1.165, 1.54) is 10.7 Å². The average molecular weight is 447 g/mol. The summed E-state index contributed by atoms with van der Waals surface area (Å²) in [4.78, 5) is 24.1. The maximum Gasteiger partial charge on any atom is 0.266 e. The van der Waals surface area contributed by atoms with Crippen LogP contribution in [0.25, 0.3) is 11.3 Å². The zero-order valence-corrected chi connectivity index (χ0v) is 16.7. The number of nitrogens with one attached hydrogen (secondary N) is 1. The van der Waals surface area contributed by atoms with Gasteiger partial charge in [-0.2, -0.15) is 5.10 Å². The van der Waals surface area contributed by atoms with Gasteiger partial charge in [0.15, 0.2) is 0 Å². The Hall–Kier alpha value is -2.44. The van der Waals surface area contributed by atoms with Crippen molar-refractivity contribution in [2.75, 3.05) is 5.32 Å². The number of benzene rings is 2. The van der Waals surface area contributed by atoms with E-state index in [0.29, 0.717) is 30.1 Å². The van der Waals surface area contributed by atoms with Crippen molar-refractivity contribution < 1.29 is 4.79 Å². The summed E-state index contributed by atoms with van der Waals surface area (Å²) < 4.78 is 2.34. The van der Waals surface area contributed by atoms with Crippen LogP contribution >= 0.6 is 27.5 Å². The fourth-order valence-electron chi connectivity index (χ4n) is 2.53. The lowest BCUT2D eigenvalue weighted by molar-refractivity contribution is -0.116. The summed E-state index contributed by atoms with van der Waals surface area (Å²) >= 11 is 9.26. The highest BCUT2D eigenvalue weighted by Gasteiger charge is 2.06. The van der Waals surface area contributed by atoms with Crippen molar-refractivity contribution in [2.45, 2.75) is 19.4 Å². The van der Waals surface area contributed by atoms with Gasteiger partial charge in [-0.05, 0) is 48.9 Å². The van der Waals surface area contributed by atoms with Gasteiger partial charge in [0.1, 0.15) is 0 Å². The molecule has 0 spiro atoms. The molecule has 0 radical (unpaired) electrons. The van der Waals surface area contributed by atoms with E-state index in [-0.39, 0.29) is 11.5 Å². The Morgan fingerprint density at radius 3 is 2.44 bits per heavy atom. The minimum absolute atomic E-state index is 0.0979. The van der Waals surface area contributed by atoms with E-state index in [1.807, 2.05) is 36.4 Å². The van der Waals surface area contributed by atoms with E-state index in [1.54, 1.807) is 18.2 Å². The first-order chi connectivity index (χ1) is 13.0. The normalized spacial score (nSPS) is 10.6. The second-order valence-electron chi connectivity index (χ2n) is 5.95. The lowest BCUT2D eigenvalue weighted by Crippen LogP contribution is -2.23. The molecule has 0 fully saturated rings. The Bertz CT molecular complexity index is 985. The van der Waals surface area contributed by atoms with Gasteiger partial charge in [-0.25, -0.2) is 4.68 Å². The van der Waals surface area contributed by atoms with Crippen molar-refractivity contribution in [2.24, 2.45) is 0 Å². The molecule has 5 nitrogen and oxygen atoms in total. The van der Waals surface area contributed by atoms with E-state index >= 15 is 0 Å². The SMILES string of the molecule is O=C(CCCn1nc(-c2ccc(Cl)cc2)ccc1=O)Nc1ccc(Br)cc1. The van der Waals surface area contributed by atoms with Crippen LogP contribution in [0.4, 0.5) is 5.69 Å². The molecule has 0 unspecified atom stereocenters. The van der Waals surface area contributed by atoms with Crippen LogP contribution in [-0.2, 0) is 11.3 Å². The molecule has 0 atom stereocenters. The van der Waals surface area contributed by atoms with Gasteiger partial charge in [-0.3, -0.25) is 9.59 Å². The molecule has 0 saturated carbocycles. The topological polar surface area (TPSA) is 64.0 Å². The van der Waals surface area contributed by atoms with E-state index in [4.69, 9.17) is 11.6 Å². The van der Waals surface area contributed by atoms with E-state index in [2.05, 4.69) is 26.3 Å². The molecular formula is C20H17BrClN3O2. The standard InChI is InChI=1S/C20H17BrClN3O2/c21-15-5-9-17(10-6-15)23-19(26)2-1-13-25-20(27)12-11-18(24-25)14-3-7-16(22)8-4-14/h3-12H,1-2,13H2,(H,23,26). The molecule has 0 saturated heterocycles. The van der Waals surface area contributed by atoms with Gasteiger partial charge >= 0.3 is 0 Å². The third kappa shape index (κ3) is 5.52. The van der Waals surface area contributed by atoms with Gasteiger partial charge in [0.05, 0.1) is 5.69 Å². The molecule has 0 aliphatic carbocycles. The second kappa shape index (κ2) is 8.97. The summed E-state index contributed by atoms with van der Waals surface area (Å²) in [5, 5.41) is 7.86. The summed E-state index contributed by atoms with van der Waals surface area (Å²) in [7, 11) is 0. The molecule has 1 heterocycles. The number of carbonyl (C=O) groups excluding carboxylic acids is 1. The molecule has 0 aliphatic rings. The van der Waals surface area contributed by atoms with Gasteiger partial charge in [0, 0.05) is 39.8 Å². The number of nitrogens with zero attached hydrogens (tertiary/aromatic N) is 2. The highest BCUT2D eigenvalue weighted by Crippen LogP contribution is 2.18. The van der Waals surface area contributed by atoms with Gasteiger partial charge < -0.3 is 5.32 Å². The zero-order valence-electron chi connectivity index (χ0n) is 14.4. The molecule has 0 aliphatic heterocycles. The summed E-state index contributed by atoms with van der Waals surface area (Å²) in [6.45, 7) is 0.369. The van der Waals surface area contributed by atoms with Crippen molar-refractivity contribution in [3.8, 4) is 11.3 Å². The Balaban J connectivity index is 1.59. The van der Waals surface area contributed by atoms with E-state index < -0.39 is 0 Å².